The van der Waals surface area contributed by atoms with E-state index < -0.39 is 17.6 Å². The van der Waals surface area contributed by atoms with Crippen LogP contribution in [-0.2, 0) is 0 Å². The average molecular weight is 402 g/mol. The minimum Gasteiger partial charge on any atom is -0.267 e. The number of carbonyl (C=O) groups is 2. The van der Waals surface area contributed by atoms with Gasteiger partial charge in [-0.05, 0) is 55.5 Å². The fraction of sp³-hybridized carbons (Fsp3) is 0.0556. The summed E-state index contributed by atoms with van der Waals surface area (Å²) in [6.45, 7) is 1.74. The Morgan fingerprint density at radius 2 is 1.68 bits per heavy atom. The van der Waals surface area contributed by atoms with E-state index in [1.807, 2.05) is 0 Å². The minimum atomic E-state index is -0.549. The third kappa shape index (κ3) is 3.83. The number of nitrogens with zero attached hydrogens (tertiary/aromatic N) is 1. The summed E-state index contributed by atoms with van der Waals surface area (Å²) in [6.07, 6.45) is 0. The van der Waals surface area contributed by atoms with Gasteiger partial charge in [0.2, 0.25) is 0 Å². The molecule has 3 aromatic rings. The molecule has 2 aromatic carbocycles. The van der Waals surface area contributed by atoms with Gasteiger partial charge in [0.25, 0.3) is 11.8 Å². The molecule has 2 amide bonds. The quantitative estimate of drug-likeness (QED) is 0.645. The maximum absolute atomic E-state index is 13.5. The first-order valence-corrected chi connectivity index (χ1v) is 8.16. The molecule has 1 aromatic heterocycles. The van der Waals surface area contributed by atoms with Crippen LogP contribution in [0.3, 0.4) is 0 Å². The van der Waals surface area contributed by atoms with Crippen molar-refractivity contribution < 1.29 is 14.0 Å². The number of pyridine rings is 1. The number of hydrogen-bond acceptors (Lipinski definition) is 3. The van der Waals surface area contributed by atoms with Crippen LogP contribution in [0.2, 0.25) is 0 Å². The molecule has 7 heteroatoms. The standard InChI is InChI=1S/C18H13BrFN3O2/c1-10-8-15(14-9-13(20)6-7-16(14)21-10)18(25)23-22-17(24)11-2-4-12(19)5-3-11/h2-9H,1H3,(H,22,24)(H,23,25). The van der Waals surface area contributed by atoms with Gasteiger partial charge in [0.05, 0.1) is 11.1 Å². The highest BCUT2D eigenvalue weighted by molar-refractivity contribution is 9.10. The van der Waals surface area contributed by atoms with Gasteiger partial charge in [0, 0.05) is 21.1 Å². The molecular weight excluding hydrogens is 389 g/mol. The Morgan fingerprint density at radius 3 is 2.40 bits per heavy atom. The van der Waals surface area contributed by atoms with Crippen molar-refractivity contribution in [1.29, 1.82) is 0 Å². The molecule has 0 atom stereocenters. The number of rotatable bonds is 2. The van der Waals surface area contributed by atoms with Crippen molar-refractivity contribution in [3.05, 3.63) is 75.6 Å². The second-order valence-electron chi connectivity index (χ2n) is 5.39. The molecule has 0 fully saturated rings. The van der Waals surface area contributed by atoms with Crippen molar-refractivity contribution >= 4 is 38.6 Å². The van der Waals surface area contributed by atoms with E-state index in [1.54, 1.807) is 37.3 Å². The zero-order valence-corrected chi connectivity index (χ0v) is 14.7. The summed E-state index contributed by atoms with van der Waals surface area (Å²) >= 11 is 3.28. The van der Waals surface area contributed by atoms with Crippen molar-refractivity contribution in [3.63, 3.8) is 0 Å². The fourth-order valence-corrected chi connectivity index (χ4v) is 2.64. The Bertz CT molecular complexity index is 974. The van der Waals surface area contributed by atoms with E-state index in [0.29, 0.717) is 22.2 Å². The summed E-state index contributed by atoms with van der Waals surface area (Å²) in [4.78, 5) is 28.8. The summed E-state index contributed by atoms with van der Waals surface area (Å²) in [5, 5.41) is 0.376. The lowest BCUT2D eigenvalue weighted by Gasteiger charge is -2.10. The van der Waals surface area contributed by atoms with Gasteiger partial charge in [0.15, 0.2) is 0 Å². The smallest absolute Gasteiger partial charge is 0.267 e. The number of hydrogen-bond donors (Lipinski definition) is 2. The van der Waals surface area contributed by atoms with Gasteiger partial charge in [-0.3, -0.25) is 25.4 Å². The highest BCUT2D eigenvalue weighted by atomic mass is 79.9. The molecule has 3 rings (SSSR count). The van der Waals surface area contributed by atoms with Gasteiger partial charge < -0.3 is 0 Å². The van der Waals surface area contributed by atoms with E-state index in [1.165, 1.54) is 18.2 Å². The lowest BCUT2D eigenvalue weighted by Crippen LogP contribution is -2.41. The van der Waals surface area contributed by atoms with E-state index in [9.17, 15) is 14.0 Å². The summed E-state index contributed by atoms with van der Waals surface area (Å²) in [5.41, 5.74) is 6.45. The zero-order valence-electron chi connectivity index (χ0n) is 13.1. The predicted octanol–water partition coefficient (Wildman–Crippen LogP) is 3.52. The largest absolute Gasteiger partial charge is 0.270 e. The Morgan fingerprint density at radius 1 is 1.00 bits per heavy atom. The molecule has 0 aliphatic heterocycles. The summed E-state index contributed by atoms with van der Waals surface area (Å²) in [6, 6.07) is 12.3. The van der Waals surface area contributed by atoms with Crippen LogP contribution in [0.4, 0.5) is 4.39 Å². The van der Waals surface area contributed by atoms with Crippen molar-refractivity contribution in [3.8, 4) is 0 Å². The first kappa shape index (κ1) is 17.0. The third-order valence-corrected chi connectivity index (χ3v) is 4.07. The Kier molecular flexibility index (Phi) is 4.76. The second-order valence-corrected chi connectivity index (χ2v) is 6.30. The van der Waals surface area contributed by atoms with Crippen LogP contribution in [0.25, 0.3) is 10.9 Å². The Hall–Kier alpha value is -2.80. The van der Waals surface area contributed by atoms with Crippen molar-refractivity contribution in [2.24, 2.45) is 0 Å². The molecule has 0 saturated heterocycles. The maximum atomic E-state index is 13.5. The summed E-state index contributed by atoms with van der Waals surface area (Å²) in [7, 11) is 0. The third-order valence-electron chi connectivity index (χ3n) is 3.54. The fourth-order valence-electron chi connectivity index (χ4n) is 2.37. The molecule has 25 heavy (non-hydrogen) atoms. The lowest BCUT2D eigenvalue weighted by atomic mass is 10.1. The summed E-state index contributed by atoms with van der Waals surface area (Å²) in [5.74, 6) is -1.47. The van der Waals surface area contributed by atoms with Crippen molar-refractivity contribution in [2.75, 3.05) is 0 Å². The molecule has 0 spiro atoms. The van der Waals surface area contributed by atoms with E-state index in [2.05, 4.69) is 31.8 Å². The van der Waals surface area contributed by atoms with Crippen LogP contribution in [0, 0.1) is 12.7 Å². The van der Waals surface area contributed by atoms with Gasteiger partial charge in [-0.25, -0.2) is 4.39 Å². The van der Waals surface area contributed by atoms with Gasteiger partial charge in [-0.1, -0.05) is 15.9 Å². The SMILES string of the molecule is Cc1cc(C(=O)NNC(=O)c2ccc(Br)cc2)c2cc(F)ccc2n1. The van der Waals surface area contributed by atoms with Crippen LogP contribution in [0.15, 0.2) is 53.0 Å². The number of amides is 2. The number of nitrogens with one attached hydrogen (secondary N) is 2. The number of hydrazine groups is 1. The molecule has 0 bridgehead atoms. The van der Waals surface area contributed by atoms with Crippen LogP contribution in [0.5, 0.6) is 0 Å². The van der Waals surface area contributed by atoms with Crippen LogP contribution >= 0.6 is 15.9 Å². The van der Waals surface area contributed by atoms with Crippen LogP contribution in [0.1, 0.15) is 26.4 Å². The Labute approximate surface area is 151 Å². The van der Waals surface area contributed by atoms with Gasteiger partial charge in [0.1, 0.15) is 5.82 Å². The van der Waals surface area contributed by atoms with E-state index in [4.69, 9.17) is 0 Å². The number of fused-ring (bicyclic) bond motifs is 1. The molecule has 0 radical (unpaired) electrons. The maximum Gasteiger partial charge on any atom is 0.270 e. The van der Waals surface area contributed by atoms with Gasteiger partial charge in [-0.2, -0.15) is 0 Å². The zero-order chi connectivity index (χ0) is 18.0. The van der Waals surface area contributed by atoms with Gasteiger partial charge in [-0.15, -0.1) is 0 Å². The second kappa shape index (κ2) is 6.98. The van der Waals surface area contributed by atoms with E-state index in [-0.39, 0.29) is 5.56 Å². The first-order valence-electron chi connectivity index (χ1n) is 7.37. The first-order chi connectivity index (χ1) is 11.9. The number of aromatic nitrogens is 1. The molecule has 0 aliphatic rings. The van der Waals surface area contributed by atoms with Crippen molar-refractivity contribution in [1.82, 2.24) is 15.8 Å². The highest BCUT2D eigenvalue weighted by Gasteiger charge is 2.14. The normalized spacial score (nSPS) is 10.5. The number of halogens is 2. The van der Waals surface area contributed by atoms with Crippen LogP contribution in [-0.4, -0.2) is 16.8 Å². The molecule has 1 heterocycles. The molecular formula is C18H13BrFN3O2. The van der Waals surface area contributed by atoms with Crippen LogP contribution < -0.4 is 10.9 Å². The summed E-state index contributed by atoms with van der Waals surface area (Å²) < 4.78 is 14.4. The number of benzene rings is 2. The number of carbonyl (C=O) groups excluding carboxylic acids is 2. The predicted molar refractivity (Wildman–Crippen MR) is 95.5 cm³/mol. The lowest BCUT2D eigenvalue weighted by molar-refractivity contribution is 0.0847. The minimum absolute atomic E-state index is 0.234. The molecule has 126 valence electrons. The molecule has 0 saturated carbocycles. The van der Waals surface area contributed by atoms with Gasteiger partial charge >= 0.3 is 0 Å². The average Bonchev–Trinajstić information content (AvgIpc) is 2.59. The molecule has 5 nitrogen and oxygen atoms in total. The molecule has 0 aliphatic carbocycles. The molecule has 0 unspecified atom stereocenters. The monoisotopic (exact) mass is 401 g/mol. The topological polar surface area (TPSA) is 71.1 Å². The van der Waals surface area contributed by atoms with E-state index in [0.717, 1.165) is 4.47 Å². The highest BCUT2D eigenvalue weighted by Crippen LogP contribution is 2.19. The molecule has 2 N–H and O–H groups in total. The van der Waals surface area contributed by atoms with E-state index >= 15 is 0 Å². The van der Waals surface area contributed by atoms with Crippen molar-refractivity contribution in [2.45, 2.75) is 6.92 Å². The Balaban J connectivity index is 1.81. The number of aryl methyl sites for hydroxylation is 1.